The zero-order valence-electron chi connectivity index (χ0n) is 8.81. The van der Waals surface area contributed by atoms with Crippen LogP contribution in [-0.4, -0.2) is 46.3 Å². The third kappa shape index (κ3) is 2.69. The summed E-state index contributed by atoms with van der Waals surface area (Å²) in [6, 6.07) is -0.398. The molecule has 1 saturated heterocycles. The number of rotatable bonds is 3. The first-order valence-corrected chi connectivity index (χ1v) is 5.17. The van der Waals surface area contributed by atoms with Crippen molar-refractivity contribution in [3.8, 4) is 0 Å². The van der Waals surface area contributed by atoms with Crippen LogP contribution in [0.25, 0.3) is 0 Å². The van der Waals surface area contributed by atoms with Gasteiger partial charge in [0.05, 0.1) is 6.10 Å². The lowest BCUT2D eigenvalue weighted by Gasteiger charge is -2.35. The van der Waals surface area contributed by atoms with Gasteiger partial charge in [0.1, 0.15) is 6.04 Å². The topological polar surface area (TPSA) is 60.8 Å². The molecule has 0 amide bonds. The van der Waals surface area contributed by atoms with Gasteiger partial charge in [0.25, 0.3) is 0 Å². The monoisotopic (exact) mass is 201 g/mol. The second-order valence-corrected chi connectivity index (χ2v) is 4.13. The fraction of sp³-hybridized carbons (Fsp3) is 0.900. The van der Waals surface area contributed by atoms with Crippen molar-refractivity contribution in [1.29, 1.82) is 0 Å². The SMILES string of the molecule is C[C@@H](O)C1CCN([C@@H](C)C(=O)O)CC1. The predicted octanol–water partition coefficient (Wildman–Crippen LogP) is 0.552. The Bertz CT molecular complexity index is 198. The van der Waals surface area contributed by atoms with Crippen molar-refractivity contribution >= 4 is 5.97 Å². The average Bonchev–Trinajstić information content (AvgIpc) is 2.16. The summed E-state index contributed by atoms with van der Waals surface area (Å²) < 4.78 is 0. The molecule has 0 aromatic carbocycles. The molecule has 0 aromatic heterocycles. The average molecular weight is 201 g/mol. The molecule has 2 atom stereocenters. The Labute approximate surface area is 84.5 Å². The van der Waals surface area contributed by atoms with Gasteiger partial charge in [-0.1, -0.05) is 0 Å². The zero-order valence-corrected chi connectivity index (χ0v) is 8.81. The molecule has 4 nitrogen and oxygen atoms in total. The molecule has 0 radical (unpaired) electrons. The number of carboxylic acid groups (broad SMARTS) is 1. The van der Waals surface area contributed by atoms with Crippen molar-refractivity contribution in [3.63, 3.8) is 0 Å². The van der Waals surface area contributed by atoms with E-state index in [1.54, 1.807) is 13.8 Å². The first-order chi connectivity index (χ1) is 6.52. The Morgan fingerprint density at radius 1 is 1.36 bits per heavy atom. The van der Waals surface area contributed by atoms with Gasteiger partial charge in [-0.3, -0.25) is 9.69 Å². The summed E-state index contributed by atoms with van der Waals surface area (Å²) in [7, 11) is 0. The van der Waals surface area contributed by atoms with Crippen LogP contribution in [0, 0.1) is 5.92 Å². The number of carbonyl (C=O) groups is 1. The summed E-state index contributed by atoms with van der Waals surface area (Å²) in [4.78, 5) is 12.7. The number of aliphatic hydroxyl groups is 1. The maximum Gasteiger partial charge on any atom is 0.320 e. The first kappa shape index (κ1) is 11.5. The van der Waals surface area contributed by atoms with E-state index in [1.807, 2.05) is 4.90 Å². The second-order valence-electron chi connectivity index (χ2n) is 4.13. The fourth-order valence-corrected chi connectivity index (χ4v) is 1.95. The van der Waals surface area contributed by atoms with Gasteiger partial charge < -0.3 is 10.2 Å². The van der Waals surface area contributed by atoms with Gasteiger partial charge in [0.2, 0.25) is 0 Å². The van der Waals surface area contributed by atoms with Crippen LogP contribution in [0.3, 0.4) is 0 Å². The molecule has 1 aliphatic rings. The lowest BCUT2D eigenvalue weighted by atomic mass is 9.91. The Morgan fingerprint density at radius 2 is 1.86 bits per heavy atom. The third-order valence-electron chi connectivity index (χ3n) is 3.16. The van der Waals surface area contributed by atoms with Gasteiger partial charge in [-0.25, -0.2) is 0 Å². The number of aliphatic hydroxyl groups excluding tert-OH is 1. The molecule has 4 heteroatoms. The highest BCUT2D eigenvalue weighted by molar-refractivity contribution is 5.72. The van der Waals surface area contributed by atoms with Crippen molar-refractivity contribution in [1.82, 2.24) is 4.90 Å². The summed E-state index contributed by atoms with van der Waals surface area (Å²) in [5.41, 5.74) is 0. The van der Waals surface area contributed by atoms with E-state index in [2.05, 4.69) is 0 Å². The van der Waals surface area contributed by atoms with Crippen LogP contribution in [0.4, 0.5) is 0 Å². The zero-order chi connectivity index (χ0) is 10.7. The molecule has 1 rings (SSSR count). The molecule has 0 saturated carbocycles. The highest BCUT2D eigenvalue weighted by atomic mass is 16.4. The van der Waals surface area contributed by atoms with Gasteiger partial charge in [-0.15, -0.1) is 0 Å². The van der Waals surface area contributed by atoms with Crippen molar-refractivity contribution in [3.05, 3.63) is 0 Å². The van der Waals surface area contributed by atoms with Gasteiger partial charge in [-0.2, -0.15) is 0 Å². The van der Waals surface area contributed by atoms with Gasteiger partial charge in [0.15, 0.2) is 0 Å². The van der Waals surface area contributed by atoms with E-state index in [0.29, 0.717) is 5.92 Å². The third-order valence-corrected chi connectivity index (χ3v) is 3.16. The minimum Gasteiger partial charge on any atom is -0.480 e. The molecular formula is C10H19NO3. The number of nitrogens with zero attached hydrogens (tertiary/aromatic N) is 1. The summed E-state index contributed by atoms with van der Waals surface area (Å²) >= 11 is 0. The molecule has 0 spiro atoms. The Balaban J connectivity index is 2.39. The number of hydrogen-bond acceptors (Lipinski definition) is 3. The molecule has 0 unspecified atom stereocenters. The number of piperidine rings is 1. The maximum absolute atomic E-state index is 10.7. The van der Waals surface area contributed by atoms with E-state index in [4.69, 9.17) is 5.11 Å². The number of hydrogen-bond donors (Lipinski definition) is 2. The normalized spacial score (nSPS) is 24.5. The van der Waals surface area contributed by atoms with Gasteiger partial charge >= 0.3 is 5.97 Å². The largest absolute Gasteiger partial charge is 0.480 e. The summed E-state index contributed by atoms with van der Waals surface area (Å²) in [5, 5.41) is 18.2. The minimum absolute atomic E-state index is 0.266. The molecule has 14 heavy (non-hydrogen) atoms. The van der Waals surface area contributed by atoms with Crippen molar-refractivity contribution in [2.24, 2.45) is 5.92 Å². The molecule has 1 aliphatic heterocycles. The van der Waals surface area contributed by atoms with E-state index in [-0.39, 0.29) is 6.10 Å². The number of aliphatic carboxylic acids is 1. The maximum atomic E-state index is 10.7. The van der Waals surface area contributed by atoms with Crippen molar-refractivity contribution in [2.45, 2.75) is 38.8 Å². The molecule has 0 aromatic rings. The smallest absolute Gasteiger partial charge is 0.320 e. The Kier molecular flexibility index (Phi) is 3.89. The summed E-state index contributed by atoms with van der Waals surface area (Å²) in [5.74, 6) is -0.423. The van der Waals surface area contributed by atoms with Crippen LogP contribution < -0.4 is 0 Å². The predicted molar refractivity (Wildman–Crippen MR) is 53.1 cm³/mol. The molecular weight excluding hydrogens is 182 g/mol. The highest BCUT2D eigenvalue weighted by Crippen LogP contribution is 2.21. The quantitative estimate of drug-likeness (QED) is 0.700. The molecule has 0 aliphatic carbocycles. The van der Waals surface area contributed by atoms with Crippen LogP contribution in [0.5, 0.6) is 0 Å². The van der Waals surface area contributed by atoms with Crippen LogP contribution >= 0.6 is 0 Å². The van der Waals surface area contributed by atoms with E-state index in [9.17, 15) is 9.90 Å². The number of likely N-dealkylation sites (tertiary alicyclic amines) is 1. The standard InChI is InChI=1S/C10H19NO3/c1-7(10(13)14)11-5-3-9(4-6-11)8(2)12/h7-9,12H,3-6H2,1-2H3,(H,13,14)/t7-,8+/m0/s1. The lowest BCUT2D eigenvalue weighted by molar-refractivity contribution is -0.143. The second kappa shape index (κ2) is 4.75. The van der Waals surface area contributed by atoms with Crippen molar-refractivity contribution in [2.75, 3.05) is 13.1 Å². The molecule has 2 N–H and O–H groups in total. The molecule has 1 heterocycles. The Hall–Kier alpha value is -0.610. The van der Waals surface area contributed by atoms with E-state index >= 15 is 0 Å². The van der Waals surface area contributed by atoms with Crippen LogP contribution in [-0.2, 0) is 4.79 Å². The Morgan fingerprint density at radius 3 is 2.21 bits per heavy atom. The fourth-order valence-electron chi connectivity index (χ4n) is 1.95. The van der Waals surface area contributed by atoms with Gasteiger partial charge in [0, 0.05) is 0 Å². The van der Waals surface area contributed by atoms with Crippen LogP contribution in [0.1, 0.15) is 26.7 Å². The van der Waals surface area contributed by atoms with Crippen LogP contribution in [0.2, 0.25) is 0 Å². The van der Waals surface area contributed by atoms with E-state index in [1.165, 1.54) is 0 Å². The lowest BCUT2D eigenvalue weighted by Crippen LogP contribution is -2.45. The minimum atomic E-state index is -0.763. The van der Waals surface area contributed by atoms with E-state index < -0.39 is 12.0 Å². The number of carboxylic acids is 1. The van der Waals surface area contributed by atoms with E-state index in [0.717, 1.165) is 25.9 Å². The van der Waals surface area contributed by atoms with Crippen molar-refractivity contribution < 1.29 is 15.0 Å². The summed E-state index contributed by atoms with van der Waals surface area (Å²) in [6.07, 6.45) is 1.53. The molecule has 82 valence electrons. The van der Waals surface area contributed by atoms with Crippen LogP contribution in [0.15, 0.2) is 0 Å². The van der Waals surface area contributed by atoms with Gasteiger partial charge in [-0.05, 0) is 45.7 Å². The highest BCUT2D eigenvalue weighted by Gasteiger charge is 2.27. The molecule has 0 bridgehead atoms. The first-order valence-electron chi connectivity index (χ1n) is 5.17. The summed E-state index contributed by atoms with van der Waals surface area (Å²) in [6.45, 7) is 5.08. The molecule has 1 fully saturated rings.